The minimum atomic E-state index is 0.0962. The molecule has 0 unspecified atom stereocenters. The Bertz CT molecular complexity index is 177. The Hall–Kier alpha value is -1.02. The van der Waals surface area contributed by atoms with Crippen molar-refractivity contribution in [3.05, 3.63) is 30.1 Å². The van der Waals surface area contributed by atoms with Gasteiger partial charge < -0.3 is 10.1 Å². The molecule has 48 valence electrons. The highest BCUT2D eigenvalue weighted by Gasteiger charge is 1.80. The third kappa shape index (κ3) is 1.74. The van der Waals surface area contributed by atoms with Crippen molar-refractivity contribution < 1.29 is 5.11 Å². The van der Waals surface area contributed by atoms with E-state index in [4.69, 9.17) is 5.11 Å². The van der Waals surface area contributed by atoms with Crippen LogP contribution in [0, 0.1) is 0 Å². The van der Waals surface area contributed by atoms with Crippen LogP contribution in [0.3, 0.4) is 0 Å². The molecule has 0 bridgehead atoms. The molecule has 2 N–H and O–H groups in total. The van der Waals surface area contributed by atoms with Crippen LogP contribution in [0.25, 0.3) is 6.08 Å². The number of aliphatic hydroxyl groups excluding tert-OH is 1. The van der Waals surface area contributed by atoms with E-state index in [0.717, 1.165) is 5.69 Å². The first kappa shape index (κ1) is 6.11. The summed E-state index contributed by atoms with van der Waals surface area (Å²) in [7, 11) is 0. The average Bonchev–Trinajstić information content (AvgIpc) is 2.34. The quantitative estimate of drug-likeness (QED) is 0.605. The van der Waals surface area contributed by atoms with Gasteiger partial charge in [-0.05, 0) is 18.2 Å². The monoisotopic (exact) mass is 123 g/mol. The molecule has 0 saturated carbocycles. The Labute approximate surface area is 53.8 Å². The molecule has 9 heavy (non-hydrogen) atoms. The molecule has 2 heteroatoms. The third-order valence-electron chi connectivity index (χ3n) is 1.02. The van der Waals surface area contributed by atoms with Crippen molar-refractivity contribution in [3.63, 3.8) is 0 Å². The van der Waals surface area contributed by atoms with E-state index >= 15 is 0 Å². The summed E-state index contributed by atoms with van der Waals surface area (Å²) < 4.78 is 0. The van der Waals surface area contributed by atoms with Gasteiger partial charge in [0.1, 0.15) is 0 Å². The van der Waals surface area contributed by atoms with Crippen LogP contribution < -0.4 is 0 Å². The van der Waals surface area contributed by atoms with Crippen molar-refractivity contribution in [1.82, 2.24) is 4.98 Å². The Morgan fingerprint density at radius 1 is 1.67 bits per heavy atom. The second-order valence-electron chi connectivity index (χ2n) is 1.71. The Morgan fingerprint density at radius 3 is 3.11 bits per heavy atom. The van der Waals surface area contributed by atoms with Gasteiger partial charge in [-0.2, -0.15) is 0 Å². The molecule has 0 spiro atoms. The van der Waals surface area contributed by atoms with Crippen molar-refractivity contribution >= 4 is 6.08 Å². The van der Waals surface area contributed by atoms with Crippen LogP contribution in [0.4, 0.5) is 0 Å². The predicted octanol–water partition coefficient (Wildman–Crippen LogP) is 1.02. The van der Waals surface area contributed by atoms with Crippen LogP contribution in [0.1, 0.15) is 5.69 Å². The van der Waals surface area contributed by atoms with Crippen LogP contribution >= 0.6 is 0 Å². The molecule has 0 aliphatic heterocycles. The summed E-state index contributed by atoms with van der Waals surface area (Å²) >= 11 is 0. The van der Waals surface area contributed by atoms with Crippen LogP contribution in [-0.4, -0.2) is 16.7 Å². The van der Waals surface area contributed by atoms with Crippen molar-refractivity contribution in [2.45, 2.75) is 0 Å². The predicted molar refractivity (Wildman–Crippen MR) is 36.9 cm³/mol. The van der Waals surface area contributed by atoms with E-state index in [1.807, 2.05) is 24.4 Å². The molecule has 0 saturated heterocycles. The molecule has 1 rings (SSSR count). The number of hydrogen-bond donors (Lipinski definition) is 2. The molecule has 0 atom stereocenters. The number of aromatic amines is 1. The highest BCUT2D eigenvalue weighted by Crippen LogP contribution is 1.95. The van der Waals surface area contributed by atoms with Gasteiger partial charge in [0.05, 0.1) is 6.61 Å². The van der Waals surface area contributed by atoms with Gasteiger partial charge in [0.25, 0.3) is 0 Å². The lowest BCUT2D eigenvalue weighted by molar-refractivity contribution is 0.343. The van der Waals surface area contributed by atoms with Crippen LogP contribution in [0.5, 0.6) is 0 Å². The van der Waals surface area contributed by atoms with Crippen LogP contribution in [-0.2, 0) is 0 Å². The number of aliphatic hydroxyl groups is 1. The summed E-state index contributed by atoms with van der Waals surface area (Å²) in [6.45, 7) is 0.0962. The molecule has 1 aromatic rings. The van der Waals surface area contributed by atoms with Crippen molar-refractivity contribution in [1.29, 1.82) is 0 Å². The molecular formula is C7H9NO. The lowest BCUT2D eigenvalue weighted by atomic mass is 10.4. The standard InChI is InChI=1S/C7H9NO/c9-6-2-4-7-3-1-5-8-7/h1-5,8-9H,6H2/b4-2-. The summed E-state index contributed by atoms with van der Waals surface area (Å²) in [6, 6.07) is 3.85. The minimum Gasteiger partial charge on any atom is -0.392 e. The Kier molecular flexibility index (Phi) is 2.10. The van der Waals surface area contributed by atoms with Gasteiger partial charge in [-0.1, -0.05) is 6.08 Å². The van der Waals surface area contributed by atoms with Gasteiger partial charge in [-0.25, -0.2) is 0 Å². The maximum absolute atomic E-state index is 8.36. The molecule has 2 nitrogen and oxygen atoms in total. The van der Waals surface area contributed by atoms with Gasteiger partial charge >= 0.3 is 0 Å². The maximum Gasteiger partial charge on any atom is 0.0616 e. The topological polar surface area (TPSA) is 36.0 Å². The van der Waals surface area contributed by atoms with Crippen molar-refractivity contribution in [2.75, 3.05) is 6.61 Å². The molecule has 1 aromatic heterocycles. The van der Waals surface area contributed by atoms with Gasteiger partial charge in [0.15, 0.2) is 0 Å². The zero-order valence-electron chi connectivity index (χ0n) is 5.04. The number of H-pyrrole nitrogens is 1. The molecule has 1 heterocycles. The highest BCUT2D eigenvalue weighted by molar-refractivity contribution is 5.44. The van der Waals surface area contributed by atoms with E-state index in [9.17, 15) is 0 Å². The number of nitrogens with one attached hydrogen (secondary N) is 1. The van der Waals surface area contributed by atoms with E-state index in [0.29, 0.717) is 0 Å². The fraction of sp³-hybridized carbons (Fsp3) is 0.143. The molecule has 0 amide bonds. The average molecular weight is 123 g/mol. The first-order valence-electron chi connectivity index (χ1n) is 2.84. The van der Waals surface area contributed by atoms with Crippen LogP contribution in [0.2, 0.25) is 0 Å². The second kappa shape index (κ2) is 3.10. The minimum absolute atomic E-state index is 0.0962. The Balaban J connectivity index is 2.57. The van der Waals surface area contributed by atoms with E-state index in [-0.39, 0.29) is 6.61 Å². The number of hydrogen-bond acceptors (Lipinski definition) is 1. The van der Waals surface area contributed by atoms with Crippen molar-refractivity contribution in [2.24, 2.45) is 0 Å². The SMILES string of the molecule is OC/C=C\c1ccc[nH]1. The fourth-order valence-corrected chi connectivity index (χ4v) is 0.628. The molecular weight excluding hydrogens is 114 g/mol. The summed E-state index contributed by atoms with van der Waals surface area (Å²) in [5.41, 5.74) is 1.02. The van der Waals surface area contributed by atoms with Gasteiger partial charge in [0, 0.05) is 11.9 Å². The van der Waals surface area contributed by atoms with E-state index in [2.05, 4.69) is 4.98 Å². The normalized spacial score (nSPS) is 10.8. The zero-order chi connectivity index (χ0) is 6.53. The summed E-state index contributed by atoms with van der Waals surface area (Å²) in [6.07, 6.45) is 5.36. The number of rotatable bonds is 2. The summed E-state index contributed by atoms with van der Waals surface area (Å²) in [5.74, 6) is 0. The first-order chi connectivity index (χ1) is 4.43. The van der Waals surface area contributed by atoms with Gasteiger partial charge in [-0.3, -0.25) is 0 Å². The van der Waals surface area contributed by atoms with Crippen LogP contribution in [0.15, 0.2) is 24.4 Å². The second-order valence-corrected chi connectivity index (χ2v) is 1.71. The maximum atomic E-state index is 8.36. The number of aromatic nitrogens is 1. The molecule has 0 aliphatic rings. The van der Waals surface area contributed by atoms with Gasteiger partial charge in [0.2, 0.25) is 0 Å². The lowest BCUT2D eigenvalue weighted by Gasteiger charge is -1.80. The fourth-order valence-electron chi connectivity index (χ4n) is 0.628. The van der Waals surface area contributed by atoms with Gasteiger partial charge in [-0.15, -0.1) is 0 Å². The first-order valence-corrected chi connectivity index (χ1v) is 2.84. The molecule has 0 radical (unpaired) electrons. The Morgan fingerprint density at radius 2 is 2.56 bits per heavy atom. The molecule has 0 fully saturated rings. The smallest absolute Gasteiger partial charge is 0.0616 e. The third-order valence-corrected chi connectivity index (χ3v) is 1.02. The summed E-state index contributed by atoms with van der Waals surface area (Å²) in [4.78, 5) is 2.97. The zero-order valence-corrected chi connectivity index (χ0v) is 5.04. The largest absolute Gasteiger partial charge is 0.392 e. The van der Waals surface area contributed by atoms with Crippen molar-refractivity contribution in [3.8, 4) is 0 Å². The lowest BCUT2D eigenvalue weighted by Crippen LogP contribution is -1.71. The van der Waals surface area contributed by atoms with E-state index < -0.39 is 0 Å². The van der Waals surface area contributed by atoms with E-state index in [1.54, 1.807) is 6.08 Å². The summed E-state index contributed by atoms with van der Waals surface area (Å²) in [5, 5.41) is 8.36. The highest BCUT2D eigenvalue weighted by atomic mass is 16.2. The molecule has 0 aliphatic carbocycles. The van der Waals surface area contributed by atoms with E-state index in [1.165, 1.54) is 0 Å². The molecule has 0 aromatic carbocycles.